The van der Waals surface area contributed by atoms with Crippen LogP contribution in [0.5, 0.6) is 0 Å². The number of aryl methyl sites for hydroxylation is 1. The van der Waals surface area contributed by atoms with Crippen LogP contribution in [0.25, 0.3) is 0 Å². The summed E-state index contributed by atoms with van der Waals surface area (Å²) < 4.78 is 0. The van der Waals surface area contributed by atoms with Crippen LogP contribution in [0, 0.1) is 12.8 Å². The number of aromatic amines is 1. The molecule has 1 aromatic heterocycles. The Bertz CT molecular complexity index is 394. The molecule has 0 amide bonds. The van der Waals surface area contributed by atoms with E-state index < -0.39 is 0 Å². The Morgan fingerprint density at radius 3 is 2.93 bits per heavy atom. The van der Waals surface area contributed by atoms with Crippen LogP contribution in [-0.2, 0) is 6.54 Å². The Morgan fingerprint density at radius 1 is 1.60 bits per heavy atom. The number of aromatic nitrogens is 1. The SMILES string of the molecule is Cc1cc(=O)c(CN2CC(CO)C2)c[nH]1. The first kappa shape index (κ1) is 10.4. The van der Waals surface area contributed by atoms with Gasteiger partial charge in [-0.1, -0.05) is 0 Å². The molecule has 0 radical (unpaired) electrons. The van der Waals surface area contributed by atoms with Crippen LogP contribution in [0.4, 0.5) is 0 Å². The van der Waals surface area contributed by atoms with E-state index >= 15 is 0 Å². The van der Waals surface area contributed by atoms with Crippen molar-refractivity contribution < 1.29 is 5.11 Å². The minimum atomic E-state index is 0.0960. The lowest BCUT2D eigenvalue weighted by Gasteiger charge is -2.38. The number of nitrogens with one attached hydrogen (secondary N) is 1. The Morgan fingerprint density at radius 2 is 2.33 bits per heavy atom. The molecule has 2 heterocycles. The van der Waals surface area contributed by atoms with Gasteiger partial charge in [-0.05, 0) is 6.92 Å². The van der Waals surface area contributed by atoms with Gasteiger partial charge >= 0.3 is 0 Å². The van der Waals surface area contributed by atoms with Crippen LogP contribution in [0.3, 0.4) is 0 Å². The Labute approximate surface area is 88.6 Å². The third-order valence-electron chi connectivity index (χ3n) is 2.82. The van der Waals surface area contributed by atoms with E-state index in [0.717, 1.165) is 24.3 Å². The second-order valence-corrected chi connectivity index (χ2v) is 4.25. The molecule has 1 saturated heterocycles. The number of rotatable bonds is 3. The lowest BCUT2D eigenvalue weighted by atomic mass is 10.0. The topological polar surface area (TPSA) is 56.3 Å². The number of H-pyrrole nitrogens is 1. The number of pyridine rings is 1. The van der Waals surface area contributed by atoms with Crippen molar-refractivity contribution in [3.8, 4) is 0 Å². The summed E-state index contributed by atoms with van der Waals surface area (Å²) in [6.45, 7) is 4.59. The van der Waals surface area contributed by atoms with Gasteiger partial charge in [-0.3, -0.25) is 9.69 Å². The molecule has 0 spiro atoms. The average molecular weight is 208 g/mol. The zero-order valence-electron chi connectivity index (χ0n) is 8.86. The van der Waals surface area contributed by atoms with Crippen molar-refractivity contribution in [2.75, 3.05) is 19.7 Å². The lowest BCUT2D eigenvalue weighted by molar-refractivity contribution is 0.0476. The standard InChI is InChI=1S/C11H16N2O2/c1-8-2-11(15)10(3-12-8)6-13-4-9(5-13)7-14/h2-3,9,14H,4-7H2,1H3,(H,12,15). The minimum Gasteiger partial charge on any atom is -0.396 e. The summed E-state index contributed by atoms with van der Waals surface area (Å²) in [7, 11) is 0. The smallest absolute Gasteiger partial charge is 0.186 e. The van der Waals surface area contributed by atoms with Crippen molar-refractivity contribution in [2.24, 2.45) is 5.92 Å². The zero-order valence-corrected chi connectivity index (χ0v) is 8.86. The molecule has 0 bridgehead atoms. The first-order chi connectivity index (χ1) is 7.19. The number of nitrogens with zero attached hydrogens (tertiary/aromatic N) is 1. The van der Waals surface area contributed by atoms with E-state index in [9.17, 15) is 4.79 Å². The van der Waals surface area contributed by atoms with Crippen molar-refractivity contribution in [1.29, 1.82) is 0 Å². The summed E-state index contributed by atoms with van der Waals surface area (Å²) in [5, 5.41) is 8.87. The maximum absolute atomic E-state index is 11.6. The first-order valence-corrected chi connectivity index (χ1v) is 5.20. The molecule has 2 N–H and O–H groups in total. The molecular weight excluding hydrogens is 192 g/mol. The van der Waals surface area contributed by atoms with Gasteiger partial charge in [0.25, 0.3) is 0 Å². The van der Waals surface area contributed by atoms with Gasteiger partial charge in [-0.2, -0.15) is 0 Å². The van der Waals surface area contributed by atoms with Gasteiger partial charge in [0.05, 0.1) is 0 Å². The van der Waals surface area contributed by atoms with Crippen molar-refractivity contribution in [1.82, 2.24) is 9.88 Å². The molecule has 82 valence electrons. The van der Waals surface area contributed by atoms with Crippen LogP contribution in [-0.4, -0.2) is 34.7 Å². The minimum absolute atomic E-state index is 0.0960. The van der Waals surface area contributed by atoms with E-state index in [-0.39, 0.29) is 12.0 Å². The van der Waals surface area contributed by atoms with Crippen molar-refractivity contribution in [3.63, 3.8) is 0 Å². The fraction of sp³-hybridized carbons (Fsp3) is 0.545. The van der Waals surface area contributed by atoms with Crippen LogP contribution >= 0.6 is 0 Å². The summed E-state index contributed by atoms with van der Waals surface area (Å²) in [6.07, 6.45) is 1.78. The maximum atomic E-state index is 11.6. The van der Waals surface area contributed by atoms with E-state index in [1.807, 2.05) is 6.92 Å². The van der Waals surface area contributed by atoms with Crippen LogP contribution < -0.4 is 5.43 Å². The van der Waals surface area contributed by atoms with Gasteiger partial charge < -0.3 is 10.1 Å². The first-order valence-electron chi connectivity index (χ1n) is 5.20. The number of likely N-dealkylation sites (tertiary alicyclic amines) is 1. The van der Waals surface area contributed by atoms with Crippen LogP contribution in [0.1, 0.15) is 11.3 Å². The molecule has 4 nitrogen and oxygen atoms in total. The summed E-state index contributed by atoms with van der Waals surface area (Å²) in [5.74, 6) is 0.398. The molecule has 0 unspecified atom stereocenters. The third-order valence-corrected chi connectivity index (χ3v) is 2.82. The monoisotopic (exact) mass is 208 g/mol. The number of aliphatic hydroxyl groups excluding tert-OH is 1. The molecule has 0 aromatic carbocycles. The fourth-order valence-corrected chi connectivity index (χ4v) is 1.89. The van der Waals surface area contributed by atoms with E-state index in [2.05, 4.69) is 9.88 Å². The fourth-order valence-electron chi connectivity index (χ4n) is 1.89. The molecule has 0 atom stereocenters. The van der Waals surface area contributed by atoms with Gasteiger partial charge in [0.1, 0.15) is 0 Å². The lowest BCUT2D eigenvalue weighted by Crippen LogP contribution is -2.48. The predicted octanol–water partition coefficient (Wildman–Crippen LogP) is 0.107. The molecular formula is C11H16N2O2. The quantitative estimate of drug-likeness (QED) is 0.741. The summed E-state index contributed by atoms with van der Waals surface area (Å²) in [6, 6.07) is 1.62. The molecule has 0 aliphatic carbocycles. The second kappa shape index (κ2) is 4.16. The van der Waals surface area contributed by atoms with Gasteiger partial charge in [0, 0.05) is 55.7 Å². The molecule has 4 heteroatoms. The number of hydrogen-bond acceptors (Lipinski definition) is 3. The van der Waals surface area contributed by atoms with E-state index in [4.69, 9.17) is 5.11 Å². The highest BCUT2D eigenvalue weighted by Crippen LogP contribution is 2.16. The number of hydrogen-bond donors (Lipinski definition) is 2. The van der Waals surface area contributed by atoms with E-state index in [1.54, 1.807) is 12.3 Å². The Hall–Kier alpha value is -1.13. The van der Waals surface area contributed by atoms with Crippen LogP contribution in [0.15, 0.2) is 17.1 Å². The Kier molecular flexibility index (Phi) is 2.88. The highest BCUT2D eigenvalue weighted by atomic mass is 16.3. The zero-order chi connectivity index (χ0) is 10.8. The van der Waals surface area contributed by atoms with E-state index in [1.165, 1.54) is 0 Å². The highest BCUT2D eigenvalue weighted by molar-refractivity contribution is 5.14. The van der Waals surface area contributed by atoms with Crippen LogP contribution in [0.2, 0.25) is 0 Å². The molecule has 1 aliphatic rings. The molecule has 1 fully saturated rings. The second-order valence-electron chi connectivity index (χ2n) is 4.25. The molecule has 0 saturated carbocycles. The van der Waals surface area contributed by atoms with Gasteiger partial charge in [0.15, 0.2) is 5.43 Å². The number of aliphatic hydroxyl groups is 1. The van der Waals surface area contributed by atoms with Crippen molar-refractivity contribution >= 4 is 0 Å². The normalized spacial score (nSPS) is 17.7. The molecule has 1 aliphatic heterocycles. The largest absolute Gasteiger partial charge is 0.396 e. The maximum Gasteiger partial charge on any atom is 0.186 e. The molecule has 1 aromatic rings. The summed E-state index contributed by atoms with van der Waals surface area (Å²) >= 11 is 0. The van der Waals surface area contributed by atoms with Crippen molar-refractivity contribution in [2.45, 2.75) is 13.5 Å². The van der Waals surface area contributed by atoms with Gasteiger partial charge in [-0.15, -0.1) is 0 Å². The van der Waals surface area contributed by atoms with Gasteiger partial charge in [0.2, 0.25) is 0 Å². The average Bonchev–Trinajstić information content (AvgIpc) is 2.13. The van der Waals surface area contributed by atoms with Crippen molar-refractivity contribution in [3.05, 3.63) is 33.7 Å². The summed E-state index contributed by atoms with van der Waals surface area (Å²) in [4.78, 5) is 16.8. The summed E-state index contributed by atoms with van der Waals surface area (Å²) in [5.41, 5.74) is 1.79. The van der Waals surface area contributed by atoms with E-state index in [0.29, 0.717) is 12.5 Å². The van der Waals surface area contributed by atoms with Gasteiger partial charge in [-0.25, -0.2) is 0 Å². The predicted molar refractivity (Wildman–Crippen MR) is 57.7 cm³/mol. The third kappa shape index (κ3) is 2.27. The Balaban J connectivity index is 1.98. The highest BCUT2D eigenvalue weighted by Gasteiger charge is 2.25. The molecule has 15 heavy (non-hydrogen) atoms. The molecule has 2 rings (SSSR count).